The number of carbonyl (C=O) groups is 1. The second-order valence-corrected chi connectivity index (χ2v) is 5.36. The van der Waals surface area contributed by atoms with E-state index in [9.17, 15) is 4.79 Å². The minimum Gasteiger partial charge on any atom is -0.481 e. The first-order valence-electron chi connectivity index (χ1n) is 6.36. The van der Waals surface area contributed by atoms with Crippen molar-refractivity contribution in [2.24, 2.45) is 0 Å². The van der Waals surface area contributed by atoms with Crippen LogP contribution in [-0.2, 0) is 17.8 Å². The van der Waals surface area contributed by atoms with Gasteiger partial charge < -0.3 is 5.11 Å². The second kappa shape index (κ2) is 6.01. The molecule has 0 heterocycles. The summed E-state index contributed by atoms with van der Waals surface area (Å²) in [7, 11) is 2.08. The van der Waals surface area contributed by atoms with Crippen LogP contribution in [0.15, 0.2) is 24.3 Å². The van der Waals surface area contributed by atoms with Crippen molar-refractivity contribution in [3.05, 3.63) is 35.4 Å². The van der Waals surface area contributed by atoms with E-state index in [0.29, 0.717) is 0 Å². The highest BCUT2D eigenvalue weighted by Gasteiger charge is 2.21. The van der Waals surface area contributed by atoms with Crippen molar-refractivity contribution < 1.29 is 9.90 Å². The van der Waals surface area contributed by atoms with E-state index in [1.54, 1.807) is 0 Å². The average Bonchev–Trinajstić information content (AvgIpc) is 2.31. The van der Waals surface area contributed by atoms with Crippen molar-refractivity contribution in [2.45, 2.75) is 45.7 Å². The lowest BCUT2D eigenvalue weighted by Gasteiger charge is -2.35. The summed E-state index contributed by atoms with van der Waals surface area (Å²) in [6.45, 7) is 7.35. The minimum absolute atomic E-state index is 0.0938. The van der Waals surface area contributed by atoms with Gasteiger partial charge in [-0.1, -0.05) is 31.2 Å². The SMILES string of the molecule is CCC(C)(C)N(C)Cc1ccccc1CC(=O)O. The lowest BCUT2D eigenvalue weighted by molar-refractivity contribution is -0.136. The van der Waals surface area contributed by atoms with E-state index < -0.39 is 5.97 Å². The first-order valence-corrected chi connectivity index (χ1v) is 6.36. The van der Waals surface area contributed by atoms with Gasteiger partial charge in [-0.3, -0.25) is 9.69 Å². The molecule has 0 unspecified atom stereocenters. The third-order valence-electron chi connectivity index (χ3n) is 3.77. The molecule has 0 aromatic heterocycles. The van der Waals surface area contributed by atoms with Crippen molar-refractivity contribution in [3.63, 3.8) is 0 Å². The summed E-state index contributed by atoms with van der Waals surface area (Å²) < 4.78 is 0. The summed E-state index contributed by atoms with van der Waals surface area (Å²) in [5, 5.41) is 8.92. The van der Waals surface area contributed by atoms with Crippen molar-refractivity contribution in [2.75, 3.05) is 7.05 Å². The Morgan fingerprint density at radius 1 is 1.28 bits per heavy atom. The first kappa shape index (κ1) is 14.7. The lowest BCUT2D eigenvalue weighted by atomic mass is 9.97. The highest BCUT2D eigenvalue weighted by molar-refractivity contribution is 5.70. The zero-order valence-corrected chi connectivity index (χ0v) is 11.7. The summed E-state index contributed by atoms with van der Waals surface area (Å²) in [5.74, 6) is -0.778. The summed E-state index contributed by atoms with van der Waals surface area (Å²) in [5.41, 5.74) is 2.13. The van der Waals surface area contributed by atoms with Gasteiger partial charge in [-0.15, -0.1) is 0 Å². The first-order chi connectivity index (χ1) is 8.36. The molecule has 0 amide bonds. The summed E-state index contributed by atoms with van der Waals surface area (Å²) in [4.78, 5) is 13.1. The Labute approximate surface area is 109 Å². The number of rotatable bonds is 6. The lowest BCUT2D eigenvalue weighted by Crippen LogP contribution is -2.40. The van der Waals surface area contributed by atoms with Gasteiger partial charge in [0.15, 0.2) is 0 Å². The molecule has 1 N–H and O–H groups in total. The molecule has 0 radical (unpaired) electrons. The fourth-order valence-electron chi connectivity index (χ4n) is 1.79. The molecule has 0 saturated heterocycles. The van der Waals surface area contributed by atoms with Crippen LogP contribution in [0.3, 0.4) is 0 Å². The molecule has 100 valence electrons. The minimum atomic E-state index is -0.778. The Hall–Kier alpha value is -1.35. The van der Waals surface area contributed by atoms with Crippen LogP contribution in [0.5, 0.6) is 0 Å². The number of benzene rings is 1. The van der Waals surface area contributed by atoms with Crippen LogP contribution in [0, 0.1) is 0 Å². The molecular weight excluding hydrogens is 226 g/mol. The van der Waals surface area contributed by atoms with E-state index in [4.69, 9.17) is 5.11 Å². The number of hydrogen-bond acceptors (Lipinski definition) is 2. The highest BCUT2D eigenvalue weighted by atomic mass is 16.4. The van der Waals surface area contributed by atoms with E-state index >= 15 is 0 Å². The normalized spacial score (nSPS) is 11.8. The highest BCUT2D eigenvalue weighted by Crippen LogP contribution is 2.21. The monoisotopic (exact) mass is 249 g/mol. The van der Waals surface area contributed by atoms with Crippen molar-refractivity contribution in [1.82, 2.24) is 4.90 Å². The number of carboxylic acid groups (broad SMARTS) is 1. The molecule has 1 rings (SSSR count). The number of carboxylic acids is 1. The van der Waals surface area contributed by atoms with Crippen LogP contribution in [0.1, 0.15) is 38.3 Å². The third kappa shape index (κ3) is 3.84. The standard InChI is InChI=1S/C15H23NO2/c1-5-15(2,3)16(4)11-13-9-7-6-8-12(13)10-14(17)18/h6-9H,5,10-11H2,1-4H3,(H,17,18). The Morgan fingerprint density at radius 2 is 1.83 bits per heavy atom. The van der Waals surface area contributed by atoms with Gasteiger partial charge in [0.1, 0.15) is 0 Å². The molecule has 1 aromatic carbocycles. The Bertz CT molecular complexity index is 413. The molecule has 0 spiro atoms. The van der Waals surface area contributed by atoms with E-state index in [1.807, 2.05) is 24.3 Å². The molecule has 3 nitrogen and oxygen atoms in total. The van der Waals surface area contributed by atoms with Crippen molar-refractivity contribution in [1.29, 1.82) is 0 Å². The molecule has 3 heteroatoms. The van der Waals surface area contributed by atoms with Crippen molar-refractivity contribution in [3.8, 4) is 0 Å². The van der Waals surface area contributed by atoms with Gasteiger partial charge in [0.05, 0.1) is 6.42 Å². The maximum atomic E-state index is 10.8. The van der Waals surface area contributed by atoms with Gasteiger partial charge in [-0.2, -0.15) is 0 Å². The molecule has 1 aromatic rings. The van der Waals surface area contributed by atoms with Crippen LogP contribution in [0.25, 0.3) is 0 Å². The van der Waals surface area contributed by atoms with E-state index in [-0.39, 0.29) is 12.0 Å². The van der Waals surface area contributed by atoms with Gasteiger partial charge in [-0.25, -0.2) is 0 Å². The molecule has 0 aliphatic carbocycles. The predicted molar refractivity (Wildman–Crippen MR) is 73.6 cm³/mol. The fourth-order valence-corrected chi connectivity index (χ4v) is 1.79. The summed E-state index contributed by atoms with van der Waals surface area (Å²) in [6, 6.07) is 7.77. The van der Waals surface area contributed by atoms with Crippen molar-refractivity contribution >= 4 is 5.97 Å². The molecule has 0 aliphatic rings. The van der Waals surface area contributed by atoms with Gasteiger partial charge >= 0.3 is 5.97 Å². The summed E-state index contributed by atoms with van der Waals surface area (Å²) in [6.07, 6.45) is 1.15. The maximum Gasteiger partial charge on any atom is 0.307 e. The Balaban J connectivity index is 2.87. The summed E-state index contributed by atoms with van der Waals surface area (Å²) >= 11 is 0. The molecular formula is C15H23NO2. The maximum absolute atomic E-state index is 10.8. The van der Waals surface area contributed by atoms with Gasteiger partial charge in [0, 0.05) is 12.1 Å². The van der Waals surface area contributed by atoms with E-state index in [0.717, 1.165) is 24.1 Å². The molecule has 0 saturated carbocycles. The largest absolute Gasteiger partial charge is 0.481 e. The number of nitrogens with zero attached hydrogens (tertiary/aromatic N) is 1. The second-order valence-electron chi connectivity index (χ2n) is 5.36. The average molecular weight is 249 g/mol. The van der Waals surface area contributed by atoms with E-state index in [2.05, 4.69) is 32.7 Å². The van der Waals surface area contributed by atoms with E-state index in [1.165, 1.54) is 0 Å². The number of hydrogen-bond donors (Lipinski definition) is 1. The topological polar surface area (TPSA) is 40.5 Å². The van der Waals surface area contributed by atoms with Crippen LogP contribution >= 0.6 is 0 Å². The van der Waals surface area contributed by atoms with Crippen LogP contribution in [0.4, 0.5) is 0 Å². The smallest absolute Gasteiger partial charge is 0.307 e. The zero-order chi connectivity index (χ0) is 13.8. The Kier molecular flexibility index (Phi) is 4.91. The van der Waals surface area contributed by atoms with Gasteiger partial charge in [0.2, 0.25) is 0 Å². The molecule has 18 heavy (non-hydrogen) atoms. The quantitative estimate of drug-likeness (QED) is 0.842. The van der Waals surface area contributed by atoms with Gasteiger partial charge in [0.25, 0.3) is 0 Å². The molecule has 0 atom stereocenters. The van der Waals surface area contributed by atoms with Crippen LogP contribution in [-0.4, -0.2) is 28.6 Å². The molecule has 0 aliphatic heterocycles. The third-order valence-corrected chi connectivity index (χ3v) is 3.77. The Morgan fingerprint density at radius 3 is 2.33 bits per heavy atom. The zero-order valence-electron chi connectivity index (χ0n) is 11.7. The molecule has 0 fully saturated rings. The predicted octanol–water partition coefficient (Wildman–Crippen LogP) is 2.93. The number of aliphatic carboxylic acids is 1. The molecule has 0 bridgehead atoms. The fraction of sp³-hybridized carbons (Fsp3) is 0.533. The van der Waals surface area contributed by atoms with Gasteiger partial charge in [-0.05, 0) is 38.4 Å². The van der Waals surface area contributed by atoms with Crippen LogP contribution < -0.4 is 0 Å². The van der Waals surface area contributed by atoms with Crippen LogP contribution in [0.2, 0.25) is 0 Å².